The van der Waals surface area contributed by atoms with E-state index in [1.165, 1.54) is 16.8 Å². The van der Waals surface area contributed by atoms with Crippen molar-refractivity contribution in [2.75, 3.05) is 0 Å². The first-order valence-electron chi connectivity index (χ1n) is 7.36. The van der Waals surface area contributed by atoms with Gasteiger partial charge in [-0.1, -0.05) is 38.1 Å². The molecule has 0 amide bonds. The number of nitrogens with zero attached hydrogens (tertiary/aromatic N) is 2. The number of fused-ring (bicyclic) bond motifs is 1. The molecular formula is C17H22N2. The van der Waals surface area contributed by atoms with Gasteiger partial charge in [0.05, 0.1) is 12.0 Å². The summed E-state index contributed by atoms with van der Waals surface area (Å²) in [4.78, 5) is 4.71. The maximum atomic E-state index is 4.71. The van der Waals surface area contributed by atoms with Gasteiger partial charge in [0.25, 0.3) is 0 Å². The Balaban J connectivity index is 1.93. The number of rotatable bonds is 4. The molecule has 1 aliphatic rings. The lowest BCUT2D eigenvalue weighted by Gasteiger charge is -2.25. The summed E-state index contributed by atoms with van der Waals surface area (Å²) in [6.45, 7) is 5.57. The molecular weight excluding hydrogens is 232 g/mol. The van der Waals surface area contributed by atoms with Crippen molar-refractivity contribution in [3.8, 4) is 0 Å². The molecule has 1 heterocycles. The minimum atomic E-state index is 0.225. The third kappa shape index (κ3) is 2.09. The summed E-state index contributed by atoms with van der Waals surface area (Å²) in [5.41, 5.74) is 4.52. The van der Waals surface area contributed by atoms with Crippen LogP contribution < -0.4 is 0 Å². The molecule has 3 rings (SSSR count). The van der Waals surface area contributed by atoms with E-state index in [1.807, 2.05) is 6.33 Å². The molecule has 0 unspecified atom stereocenters. The van der Waals surface area contributed by atoms with Crippen LogP contribution in [-0.4, -0.2) is 9.55 Å². The lowest BCUT2D eigenvalue weighted by atomic mass is 9.79. The second-order valence-corrected chi connectivity index (χ2v) is 5.75. The van der Waals surface area contributed by atoms with Crippen LogP contribution in [-0.2, 0) is 24.8 Å². The van der Waals surface area contributed by atoms with E-state index in [4.69, 9.17) is 4.98 Å². The first kappa shape index (κ1) is 12.5. The highest BCUT2D eigenvalue weighted by molar-refractivity contribution is 5.39. The Kier molecular flexibility index (Phi) is 3.17. The van der Waals surface area contributed by atoms with Gasteiger partial charge in [0, 0.05) is 18.2 Å². The first-order chi connectivity index (χ1) is 9.27. The molecule has 1 aliphatic carbocycles. The summed E-state index contributed by atoms with van der Waals surface area (Å²) in [7, 11) is 0. The predicted octanol–water partition coefficient (Wildman–Crippen LogP) is 3.74. The molecule has 0 saturated carbocycles. The molecule has 0 N–H and O–H groups in total. The van der Waals surface area contributed by atoms with Crippen molar-refractivity contribution in [2.45, 2.75) is 51.5 Å². The Morgan fingerprint density at radius 3 is 2.42 bits per heavy atom. The number of aryl methyl sites for hydroxylation is 1. The van der Waals surface area contributed by atoms with Crippen LogP contribution in [0.4, 0.5) is 0 Å². The minimum Gasteiger partial charge on any atom is -0.337 e. The van der Waals surface area contributed by atoms with Gasteiger partial charge < -0.3 is 4.57 Å². The molecule has 19 heavy (non-hydrogen) atoms. The standard InChI is InChI=1S/C17H22N2/c1-3-9-19-12-16(18-13-19)17(4-2)10-14-7-5-6-8-15(14)11-17/h5-8,12-13H,3-4,9-11H2,1-2H3. The summed E-state index contributed by atoms with van der Waals surface area (Å²) < 4.78 is 2.23. The molecule has 2 nitrogen and oxygen atoms in total. The minimum absolute atomic E-state index is 0.225. The Morgan fingerprint density at radius 1 is 1.16 bits per heavy atom. The maximum absolute atomic E-state index is 4.71. The van der Waals surface area contributed by atoms with Crippen molar-refractivity contribution in [3.05, 3.63) is 53.6 Å². The smallest absolute Gasteiger partial charge is 0.0949 e. The molecule has 0 aliphatic heterocycles. The highest BCUT2D eigenvalue weighted by Crippen LogP contribution is 2.41. The molecule has 0 fully saturated rings. The van der Waals surface area contributed by atoms with Crippen LogP contribution >= 0.6 is 0 Å². The summed E-state index contributed by atoms with van der Waals surface area (Å²) in [5, 5.41) is 0. The molecule has 0 bridgehead atoms. The van der Waals surface area contributed by atoms with Crippen LogP contribution in [0, 0.1) is 0 Å². The van der Waals surface area contributed by atoms with E-state index in [0.29, 0.717) is 0 Å². The Bertz CT molecular complexity index is 543. The van der Waals surface area contributed by atoms with Gasteiger partial charge in [-0.05, 0) is 36.8 Å². The van der Waals surface area contributed by atoms with Gasteiger partial charge in [0.2, 0.25) is 0 Å². The Hall–Kier alpha value is -1.57. The quantitative estimate of drug-likeness (QED) is 0.812. The molecule has 1 aromatic carbocycles. The van der Waals surface area contributed by atoms with Crippen molar-refractivity contribution in [1.82, 2.24) is 9.55 Å². The van der Waals surface area contributed by atoms with E-state index in [9.17, 15) is 0 Å². The topological polar surface area (TPSA) is 17.8 Å². The molecule has 2 aromatic rings. The lowest BCUT2D eigenvalue weighted by Crippen LogP contribution is -2.26. The SMILES string of the molecule is CCCn1cnc(C2(CC)Cc3ccccc3C2)c1. The number of hydrogen-bond donors (Lipinski definition) is 0. The van der Waals surface area contributed by atoms with E-state index in [-0.39, 0.29) is 5.41 Å². The Labute approximate surface area is 115 Å². The van der Waals surface area contributed by atoms with Gasteiger partial charge in [-0.3, -0.25) is 0 Å². The molecule has 0 spiro atoms. The third-order valence-corrected chi connectivity index (χ3v) is 4.51. The monoisotopic (exact) mass is 254 g/mol. The van der Waals surface area contributed by atoms with Crippen LogP contribution in [0.15, 0.2) is 36.8 Å². The molecule has 0 saturated heterocycles. The van der Waals surface area contributed by atoms with Gasteiger partial charge in [0.1, 0.15) is 0 Å². The zero-order chi connectivity index (χ0) is 13.3. The molecule has 0 radical (unpaired) electrons. The molecule has 100 valence electrons. The van der Waals surface area contributed by atoms with Crippen LogP contribution in [0.2, 0.25) is 0 Å². The fraction of sp³-hybridized carbons (Fsp3) is 0.471. The molecule has 1 aromatic heterocycles. The number of benzene rings is 1. The summed E-state index contributed by atoms with van der Waals surface area (Å²) >= 11 is 0. The highest BCUT2D eigenvalue weighted by atomic mass is 15.0. The zero-order valence-electron chi connectivity index (χ0n) is 11.9. The normalized spacial score (nSPS) is 16.5. The van der Waals surface area contributed by atoms with Crippen LogP contribution in [0.25, 0.3) is 0 Å². The average Bonchev–Trinajstić information content (AvgIpc) is 3.03. The maximum Gasteiger partial charge on any atom is 0.0949 e. The van der Waals surface area contributed by atoms with Crippen molar-refractivity contribution >= 4 is 0 Å². The second kappa shape index (κ2) is 4.84. The van der Waals surface area contributed by atoms with Gasteiger partial charge in [-0.25, -0.2) is 4.98 Å². The van der Waals surface area contributed by atoms with E-state index in [2.05, 4.69) is 48.9 Å². The first-order valence-corrected chi connectivity index (χ1v) is 7.36. The van der Waals surface area contributed by atoms with Gasteiger partial charge in [-0.15, -0.1) is 0 Å². The summed E-state index contributed by atoms with van der Waals surface area (Å²) in [6, 6.07) is 8.85. The van der Waals surface area contributed by atoms with Crippen molar-refractivity contribution < 1.29 is 0 Å². The summed E-state index contributed by atoms with van der Waals surface area (Å²) in [5.74, 6) is 0. The van der Waals surface area contributed by atoms with Crippen molar-refractivity contribution in [3.63, 3.8) is 0 Å². The van der Waals surface area contributed by atoms with Gasteiger partial charge in [0.15, 0.2) is 0 Å². The molecule has 0 atom stereocenters. The van der Waals surface area contributed by atoms with Crippen LogP contribution in [0.3, 0.4) is 0 Å². The van der Waals surface area contributed by atoms with E-state index < -0.39 is 0 Å². The van der Waals surface area contributed by atoms with Crippen LogP contribution in [0.1, 0.15) is 43.5 Å². The second-order valence-electron chi connectivity index (χ2n) is 5.75. The number of hydrogen-bond acceptors (Lipinski definition) is 1. The zero-order valence-corrected chi connectivity index (χ0v) is 11.9. The van der Waals surface area contributed by atoms with E-state index >= 15 is 0 Å². The lowest BCUT2D eigenvalue weighted by molar-refractivity contribution is 0.423. The number of imidazole rings is 1. The van der Waals surface area contributed by atoms with Gasteiger partial charge >= 0.3 is 0 Å². The summed E-state index contributed by atoms with van der Waals surface area (Å²) in [6.07, 6.45) is 8.86. The van der Waals surface area contributed by atoms with Crippen molar-refractivity contribution in [1.29, 1.82) is 0 Å². The highest BCUT2D eigenvalue weighted by Gasteiger charge is 2.38. The molecule has 2 heteroatoms. The largest absolute Gasteiger partial charge is 0.337 e. The fourth-order valence-corrected chi connectivity index (χ4v) is 3.32. The third-order valence-electron chi connectivity index (χ3n) is 4.51. The van der Waals surface area contributed by atoms with Crippen LogP contribution in [0.5, 0.6) is 0 Å². The number of aromatic nitrogens is 2. The average molecular weight is 254 g/mol. The predicted molar refractivity (Wildman–Crippen MR) is 78.3 cm³/mol. The van der Waals surface area contributed by atoms with Gasteiger partial charge in [-0.2, -0.15) is 0 Å². The van der Waals surface area contributed by atoms with Crippen molar-refractivity contribution in [2.24, 2.45) is 0 Å². The fourth-order valence-electron chi connectivity index (χ4n) is 3.32. The van der Waals surface area contributed by atoms with E-state index in [1.54, 1.807) is 0 Å². The van der Waals surface area contributed by atoms with E-state index in [0.717, 1.165) is 32.2 Å². The Morgan fingerprint density at radius 2 is 1.84 bits per heavy atom.